The van der Waals surface area contributed by atoms with Crippen LogP contribution < -0.4 is 0 Å². The summed E-state index contributed by atoms with van der Waals surface area (Å²) in [6, 6.07) is 9.78. The number of carbonyl (C=O) groups is 1. The molecule has 1 fully saturated rings. The third kappa shape index (κ3) is 3.74. The molecule has 1 heterocycles. The molecule has 0 aliphatic carbocycles. The van der Waals surface area contributed by atoms with Gasteiger partial charge in [-0.15, -0.1) is 0 Å². The Balaban J connectivity index is 1.87. The van der Waals surface area contributed by atoms with Crippen molar-refractivity contribution in [1.82, 2.24) is 4.90 Å². The van der Waals surface area contributed by atoms with Crippen molar-refractivity contribution in [3.8, 4) is 0 Å². The van der Waals surface area contributed by atoms with Crippen molar-refractivity contribution in [3.05, 3.63) is 48.2 Å². The molecule has 19 heavy (non-hydrogen) atoms. The van der Waals surface area contributed by atoms with Crippen LogP contribution in [0.3, 0.4) is 0 Å². The molecule has 0 spiro atoms. The van der Waals surface area contributed by atoms with Gasteiger partial charge in [0, 0.05) is 6.54 Å². The molecule has 0 unspecified atom stereocenters. The van der Waals surface area contributed by atoms with Gasteiger partial charge in [0.2, 0.25) is 0 Å². The fourth-order valence-corrected chi connectivity index (χ4v) is 2.19. The average Bonchev–Trinajstić information content (AvgIpc) is 2.92. The summed E-state index contributed by atoms with van der Waals surface area (Å²) in [5, 5.41) is 0. The van der Waals surface area contributed by atoms with Gasteiger partial charge in [-0.05, 0) is 24.5 Å². The van der Waals surface area contributed by atoms with E-state index in [4.69, 9.17) is 9.47 Å². The predicted octanol–water partition coefficient (Wildman–Crippen LogP) is 2.95. The minimum absolute atomic E-state index is 0.0863. The lowest BCUT2D eigenvalue weighted by Gasteiger charge is -2.21. The number of nitrogens with zero attached hydrogens (tertiary/aromatic N) is 1. The second-order valence-corrected chi connectivity index (χ2v) is 4.51. The highest BCUT2D eigenvalue weighted by Gasteiger charge is 2.28. The Morgan fingerprint density at radius 1 is 1.42 bits per heavy atom. The number of likely N-dealkylation sites (tertiary alicyclic amines) is 1. The largest absolute Gasteiger partial charge is 0.505 e. The molecule has 1 aliphatic rings. The molecule has 102 valence electrons. The predicted molar refractivity (Wildman–Crippen MR) is 72.5 cm³/mol. The molecule has 2 rings (SSSR count). The highest BCUT2D eigenvalue weighted by atomic mass is 16.6. The first-order valence-corrected chi connectivity index (χ1v) is 6.48. The lowest BCUT2D eigenvalue weighted by molar-refractivity contribution is 0.0972. The minimum atomic E-state index is -0.257. The topological polar surface area (TPSA) is 38.8 Å². The Hall–Kier alpha value is -1.97. The third-order valence-electron chi connectivity index (χ3n) is 3.18. The van der Waals surface area contributed by atoms with Crippen LogP contribution in [-0.4, -0.2) is 30.7 Å². The van der Waals surface area contributed by atoms with Crippen LogP contribution in [0.15, 0.2) is 42.7 Å². The van der Waals surface area contributed by atoms with Gasteiger partial charge in [0.05, 0.1) is 19.4 Å². The molecule has 0 bridgehead atoms. The normalized spacial score (nSPS) is 18.8. The number of amides is 1. The van der Waals surface area contributed by atoms with Crippen LogP contribution in [0.25, 0.3) is 0 Å². The zero-order chi connectivity index (χ0) is 13.5. The van der Waals surface area contributed by atoms with E-state index < -0.39 is 0 Å². The Kier molecular flexibility index (Phi) is 4.84. The maximum absolute atomic E-state index is 12.0. The van der Waals surface area contributed by atoms with Gasteiger partial charge in [0.1, 0.15) is 6.61 Å². The summed E-state index contributed by atoms with van der Waals surface area (Å²) in [6.45, 7) is 1.06. The van der Waals surface area contributed by atoms with Crippen LogP contribution in [0.2, 0.25) is 0 Å². The summed E-state index contributed by atoms with van der Waals surface area (Å²) in [6.07, 6.45) is 5.22. The van der Waals surface area contributed by atoms with Crippen molar-refractivity contribution in [3.63, 3.8) is 0 Å². The average molecular weight is 261 g/mol. The molecule has 0 radical (unpaired) electrons. The summed E-state index contributed by atoms with van der Waals surface area (Å²) >= 11 is 0. The van der Waals surface area contributed by atoms with Gasteiger partial charge in [-0.2, -0.15) is 0 Å². The first-order chi connectivity index (χ1) is 9.31. The number of hydrogen-bond acceptors (Lipinski definition) is 3. The smallest absolute Gasteiger partial charge is 0.410 e. The summed E-state index contributed by atoms with van der Waals surface area (Å²) in [4.78, 5) is 13.8. The Morgan fingerprint density at radius 2 is 2.21 bits per heavy atom. The summed E-state index contributed by atoms with van der Waals surface area (Å²) in [5.74, 6) is 0. The Bertz CT molecular complexity index is 430. The number of ether oxygens (including phenoxy) is 2. The number of hydrogen-bond donors (Lipinski definition) is 0. The molecule has 0 saturated carbocycles. The SMILES string of the molecule is CO/C=C/[C@H]1CCCN1C(=O)OCc1ccccc1. The van der Waals surface area contributed by atoms with Gasteiger partial charge in [-0.25, -0.2) is 4.79 Å². The second kappa shape index (κ2) is 6.83. The lowest BCUT2D eigenvalue weighted by atomic mass is 10.2. The summed E-state index contributed by atoms with van der Waals surface area (Å²) < 4.78 is 10.2. The van der Waals surface area contributed by atoms with Crippen molar-refractivity contribution in [1.29, 1.82) is 0 Å². The zero-order valence-electron chi connectivity index (χ0n) is 11.1. The molecular formula is C15H19NO3. The fourth-order valence-electron chi connectivity index (χ4n) is 2.19. The maximum atomic E-state index is 12.0. The molecule has 1 amide bonds. The number of methoxy groups -OCH3 is 1. The van der Waals surface area contributed by atoms with Gasteiger partial charge in [0.15, 0.2) is 0 Å². The van der Waals surface area contributed by atoms with Crippen LogP contribution in [-0.2, 0) is 16.1 Å². The number of carbonyl (C=O) groups excluding carboxylic acids is 1. The quantitative estimate of drug-likeness (QED) is 0.782. The van der Waals surface area contributed by atoms with Crippen molar-refractivity contribution in [2.24, 2.45) is 0 Å². The van der Waals surface area contributed by atoms with Crippen molar-refractivity contribution in [2.75, 3.05) is 13.7 Å². The highest BCUT2D eigenvalue weighted by molar-refractivity contribution is 5.68. The van der Waals surface area contributed by atoms with Gasteiger partial charge < -0.3 is 14.4 Å². The number of benzene rings is 1. The molecule has 1 atom stereocenters. The van der Waals surface area contributed by atoms with E-state index in [1.807, 2.05) is 36.4 Å². The van der Waals surface area contributed by atoms with Crippen LogP contribution in [0.4, 0.5) is 4.79 Å². The van der Waals surface area contributed by atoms with Crippen LogP contribution in [0.5, 0.6) is 0 Å². The molecule has 1 aromatic carbocycles. The third-order valence-corrected chi connectivity index (χ3v) is 3.18. The fraction of sp³-hybridized carbons (Fsp3) is 0.400. The van der Waals surface area contributed by atoms with E-state index in [2.05, 4.69) is 0 Å². The maximum Gasteiger partial charge on any atom is 0.410 e. The van der Waals surface area contributed by atoms with Crippen LogP contribution in [0, 0.1) is 0 Å². The first kappa shape index (κ1) is 13.5. The van der Waals surface area contributed by atoms with Crippen molar-refractivity contribution < 1.29 is 14.3 Å². The zero-order valence-corrected chi connectivity index (χ0v) is 11.1. The molecule has 1 aliphatic heterocycles. The highest BCUT2D eigenvalue weighted by Crippen LogP contribution is 2.19. The molecule has 1 aromatic rings. The molecular weight excluding hydrogens is 242 g/mol. The van der Waals surface area contributed by atoms with Crippen molar-refractivity contribution in [2.45, 2.75) is 25.5 Å². The number of rotatable bonds is 4. The van der Waals surface area contributed by atoms with E-state index >= 15 is 0 Å². The van der Waals surface area contributed by atoms with E-state index in [0.29, 0.717) is 6.61 Å². The van der Waals surface area contributed by atoms with E-state index in [9.17, 15) is 4.79 Å². The standard InChI is InChI=1S/C15H19NO3/c1-18-11-9-14-8-5-10-16(14)15(17)19-12-13-6-3-2-4-7-13/h2-4,6-7,9,11,14H,5,8,10,12H2,1H3/b11-9+/t14-/m1/s1. The van der Waals surface area contributed by atoms with E-state index in [-0.39, 0.29) is 12.1 Å². The Labute approximate surface area is 113 Å². The summed E-state index contributed by atoms with van der Waals surface area (Å²) in [7, 11) is 1.60. The molecule has 0 aromatic heterocycles. The molecule has 1 saturated heterocycles. The van der Waals surface area contributed by atoms with Crippen LogP contribution >= 0.6 is 0 Å². The van der Waals surface area contributed by atoms with E-state index in [1.54, 1.807) is 18.3 Å². The lowest BCUT2D eigenvalue weighted by Crippen LogP contribution is -2.34. The van der Waals surface area contributed by atoms with Crippen molar-refractivity contribution >= 4 is 6.09 Å². The van der Waals surface area contributed by atoms with E-state index in [0.717, 1.165) is 24.9 Å². The van der Waals surface area contributed by atoms with E-state index in [1.165, 1.54) is 0 Å². The minimum Gasteiger partial charge on any atom is -0.505 e. The molecule has 4 heteroatoms. The second-order valence-electron chi connectivity index (χ2n) is 4.51. The first-order valence-electron chi connectivity index (χ1n) is 6.48. The van der Waals surface area contributed by atoms with Gasteiger partial charge in [-0.1, -0.05) is 30.3 Å². The van der Waals surface area contributed by atoms with Gasteiger partial charge in [0.25, 0.3) is 0 Å². The summed E-state index contributed by atoms with van der Waals surface area (Å²) in [5.41, 5.74) is 0.999. The van der Waals surface area contributed by atoms with Gasteiger partial charge >= 0.3 is 6.09 Å². The van der Waals surface area contributed by atoms with Gasteiger partial charge in [-0.3, -0.25) is 0 Å². The molecule has 4 nitrogen and oxygen atoms in total. The van der Waals surface area contributed by atoms with Crippen LogP contribution in [0.1, 0.15) is 18.4 Å². The molecule has 0 N–H and O–H groups in total. The Morgan fingerprint density at radius 3 is 2.95 bits per heavy atom. The monoisotopic (exact) mass is 261 g/mol.